The van der Waals surface area contributed by atoms with Gasteiger partial charge in [0.2, 0.25) is 5.82 Å². The van der Waals surface area contributed by atoms with E-state index in [1.165, 1.54) is 13.2 Å². The minimum Gasteiger partial charge on any atom is -0.494 e. The lowest BCUT2D eigenvalue weighted by Crippen LogP contribution is -1.95. The van der Waals surface area contributed by atoms with Gasteiger partial charge in [-0.2, -0.15) is 4.39 Å². The third kappa shape index (κ3) is 1.64. The van der Waals surface area contributed by atoms with Gasteiger partial charge in [0, 0.05) is 12.6 Å². The van der Waals surface area contributed by atoms with Crippen molar-refractivity contribution in [1.82, 2.24) is 9.55 Å². The van der Waals surface area contributed by atoms with Crippen molar-refractivity contribution in [3.05, 3.63) is 36.3 Å². The Morgan fingerprint density at radius 3 is 2.62 bits per heavy atom. The van der Waals surface area contributed by atoms with Crippen LogP contribution in [0.25, 0.3) is 11.3 Å². The molecule has 16 heavy (non-hydrogen) atoms. The maximum absolute atomic E-state index is 13.3. The molecule has 0 radical (unpaired) electrons. The normalized spacial score (nSPS) is 10.5. The van der Waals surface area contributed by atoms with E-state index in [-0.39, 0.29) is 5.75 Å². The van der Waals surface area contributed by atoms with Crippen molar-refractivity contribution in [2.75, 3.05) is 7.11 Å². The van der Waals surface area contributed by atoms with Crippen molar-refractivity contribution in [3.63, 3.8) is 0 Å². The molecule has 0 saturated heterocycles. The van der Waals surface area contributed by atoms with Gasteiger partial charge >= 0.3 is 0 Å². The number of aromatic nitrogens is 2. The van der Waals surface area contributed by atoms with Crippen LogP contribution in [0, 0.1) is 11.6 Å². The molecule has 0 aliphatic rings. The predicted octanol–water partition coefficient (Wildman–Crippen LogP) is 2.37. The highest BCUT2D eigenvalue weighted by molar-refractivity contribution is 5.61. The molecule has 2 rings (SSSR count). The van der Waals surface area contributed by atoms with Crippen molar-refractivity contribution in [2.24, 2.45) is 7.05 Å². The first-order valence-electron chi connectivity index (χ1n) is 4.63. The summed E-state index contributed by atoms with van der Waals surface area (Å²) in [5.74, 6) is -2.03. The lowest BCUT2D eigenvalue weighted by atomic mass is 10.1. The van der Waals surface area contributed by atoms with Crippen LogP contribution in [0.15, 0.2) is 24.7 Å². The molecule has 0 aliphatic carbocycles. The zero-order valence-corrected chi connectivity index (χ0v) is 8.87. The number of imidazole rings is 1. The minimum absolute atomic E-state index is 0.115. The van der Waals surface area contributed by atoms with Crippen LogP contribution in [-0.2, 0) is 7.05 Å². The largest absolute Gasteiger partial charge is 0.494 e. The number of benzene rings is 1. The lowest BCUT2D eigenvalue weighted by molar-refractivity contribution is 0.372. The second-order valence-corrected chi connectivity index (χ2v) is 3.36. The van der Waals surface area contributed by atoms with E-state index in [0.29, 0.717) is 11.3 Å². The molecular formula is C11H10F2N2O. The average molecular weight is 224 g/mol. The van der Waals surface area contributed by atoms with Crippen LogP contribution < -0.4 is 4.74 Å². The number of hydrogen-bond donors (Lipinski definition) is 0. The quantitative estimate of drug-likeness (QED) is 0.783. The molecule has 84 valence electrons. The highest BCUT2D eigenvalue weighted by Crippen LogP contribution is 2.28. The third-order valence-electron chi connectivity index (χ3n) is 2.33. The number of hydrogen-bond acceptors (Lipinski definition) is 2. The number of aryl methyl sites for hydroxylation is 1. The molecule has 5 heteroatoms. The molecule has 3 nitrogen and oxygen atoms in total. The Hall–Kier alpha value is -1.91. The van der Waals surface area contributed by atoms with Crippen molar-refractivity contribution in [2.45, 2.75) is 0 Å². The van der Waals surface area contributed by atoms with E-state index < -0.39 is 11.6 Å². The topological polar surface area (TPSA) is 27.1 Å². The molecule has 0 N–H and O–H groups in total. The molecule has 0 bridgehead atoms. The molecule has 0 unspecified atom stereocenters. The van der Waals surface area contributed by atoms with E-state index in [4.69, 9.17) is 4.74 Å². The molecule has 0 atom stereocenters. The number of ether oxygens (including phenoxy) is 1. The van der Waals surface area contributed by atoms with E-state index >= 15 is 0 Å². The van der Waals surface area contributed by atoms with Crippen molar-refractivity contribution in [1.29, 1.82) is 0 Å². The zero-order chi connectivity index (χ0) is 11.7. The fourth-order valence-corrected chi connectivity index (χ4v) is 1.50. The van der Waals surface area contributed by atoms with Gasteiger partial charge in [0.25, 0.3) is 0 Å². The third-order valence-corrected chi connectivity index (χ3v) is 2.33. The van der Waals surface area contributed by atoms with E-state index in [1.54, 1.807) is 24.1 Å². The van der Waals surface area contributed by atoms with Crippen LogP contribution in [0.1, 0.15) is 0 Å². The van der Waals surface area contributed by atoms with E-state index in [9.17, 15) is 8.78 Å². The Kier molecular flexibility index (Phi) is 2.60. The maximum atomic E-state index is 13.3. The number of halogens is 2. The molecule has 0 amide bonds. The van der Waals surface area contributed by atoms with Crippen LogP contribution in [0.5, 0.6) is 5.75 Å². The summed E-state index contributed by atoms with van der Waals surface area (Å²) in [5.41, 5.74) is 1.22. The average Bonchev–Trinajstić information content (AvgIpc) is 2.68. The lowest BCUT2D eigenvalue weighted by Gasteiger charge is -2.07. The first-order chi connectivity index (χ1) is 7.63. The van der Waals surface area contributed by atoms with Gasteiger partial charge in [-0.05, 0) is 12.1 Å². The second kappa shape index (κ2) is 3.92. The van der Waals surface area contributed by atoms with Gasteiger partial charge in [0.15, 0.2) is 11.6 Å². The second-order valence-electron chi connectivity index (χ2n) is 3.36. The summed E-state index contributed by atoms with van der Waals surface area (Å²) in [6.45, 7) is 0. The van der Waals surface area contributed by atoms with Gasteiger partial charge in [-0.3, -0.25) is 0 Å². The highest BCUT2D eigenvalue weighted by Gasteiger charge is 2.13. The van der Waals surface area contributed by atoms with Gasteiger partial charge in [-0.1, -0.05) is 0 Å². The van der Waals surface area contributed by atoms with Crippen LogP contribution in [0.4, 0.5) is 8.78 Å². The summed E-state index contributed by atoms with van der Waals surface area (Å²) in [6, 6.07) is 2.56. The molecule has 2 aromatic rings. The monoisotopic (exact) mass is 224 g/mol. The molecule has 0 aliphatic heterocycles. The van der Waals surface area contributed by atoms with Gasteiger partial charge in [0.05, 0.1) is 25.3 Å². The minimum atomic E-state index is -0.978. The predicted molar refractivity (Wildman–Crippen MR) is 55.1 cm³/mol. The Labute approximate surface area is 91.3 Å². The molecule has 0 spiro atoms. The fourth-order valence-electron chi connectivity index (χ4n) is 1.50. The van der Waals surface area contributed by atoms with Crippen molar-refractivity contribution >= 4 is 0 Å². The Morgan fingerprint density at radius 1 is 1.31 bits per heavy atom. The fraction of sp³-hybridized carbons (Fsp3) is 0.182. The van der Waals surface area contributed by atoms with Gasteiger partial charge in [-0.15, -0.1) is 0 Å². The van der Waals surface area contributed by atoms with Crippen molar-refractivity contribution in [3.8, 4) is 17.0 Å². The molecule has 0 fully saturated rings. The van der Waals surface area contributed by atoms with E-state index in [1.807, 2.05) is 0 Å². The molecule has 1 aromatic carbocycles. The summed E-state index contributed by atoms with van der Waals surface area (Å²) in [6.07, 6.45) is 3.16. The standard InChI is InChI=1S/C11H10F2N2O/c1-15-6-14-5-9(15)7-3-8(12)11(13)10(4-7)16-2/h3-6H,1-2H3. The zero-order valence-electron chi connectivity index (χ0n) is 8.87. The number of rotatable bonds is 2. The first-order valence-corrected chi connectivity index (χ1v) is 4.63. The summed E-state index contributed by atoms with van der Waals surface area (Å²) < 4.78 is 32.9. The maximum Gasteiger partial charge on any atom is 0.200 e. The summed E-state index contributed by atoms with van der Waals surface area (Å²) >= 11 is 0. The Balaban J connectivity index is 2.59. The SMILES string of the molecule is COc1cc(-c2cncn2C)cc(F)c1F. The van der Waals surface area contributed by atoms with Crippen LogP contribution in [0.3, 0.4) is 0 Å². The molecule has 0 saturated carbocycles. The molecular weight excluding hydrogens is 214 g/mol. The first kappa shape index (κ1) is 10.6. The highest BCUT2D eigenvalue weighted by atomic mass is 19.2. The van der Waals surface area contributed by atoms with Gasteiger partial charge in [0.1, 0.15) is 0 Å². The van der Waals surface area contributed by atoms with Gasteiger partial charge < -0.3 is 9.30 Å². The van der Waals surface area contributed by atoms with E-state index in [2.05, 4.69) is 4.98 Å². The Bertz CT molecular complexity index is 523. The van der Waals surface area contributed by atoms with Gasteiger partial charge in [-0.25, -0.2) is 9.37 Å². The molecule has 1 aromatic heterocycles. The van der Waals surface area contributed by atoms with Crippen LogP contribution >= 0.6 is 0 Å². The van der Waals surface area contributed by atoms with E-state index in [0.717, 1.165) is 6.07 Å². The van der Waals surface area contributed by atoms with Crippen LogP contribution in [-0.4, -0.2) is 16.7 Å². The smallest absolute Gasteiger partial charge is 0.200 e. The summed E-state index contributed by atoms with van der Waals surface area (Å²) in [4.78, 5) is 3.91. The molecule has 1 heterocycles. The van der Waals surface area contributed by atoms with Crippen molar-refractivity contribution < 1.29 is 13.5 Å². The van der Waals surface area contributed by atoms with Crippen LogP contribution in [0.2, 0.25) is 0 Å². The summed E-state index contributed by atoms with van der Waals surface area (Å²) in [7, 11) is 3.07. The summed E-state index contributed by atoms with van der Waals surface area (Å²) in [5, 5.41) is 0. The number of nitrogens with zero attached hydrogens (tertiary/aromatic N) is 2. The number of methoxy groups -OCH3 is 1. The Morgan fingerprint density at radius 2 is 2.06 bits per heavy atom.